The first-order valence-corrected chi connectivity index (χ1v) is 5.50. The van der Waals surface area contributed by atoms with Crippen molar-refractivity contribution in [3.63, 3.8) is 0 Å². The number of hydrogen-bond donors (Lipinski definition) is 1. The first-order chi connectivity index (χ1) is 8.56. The monoisotopic (exact) mass is 252 g/mol. The molecule has 18 heavy (non-hydrogen) atoms. The number of benzene rings is 1. The van der Waals surface area contributed by atoms with E-state index >= 15 is 0 Å². The average molecular weight is 252 g/mol. The number of carbonyl (C=O) groups is 1. The molecule has 0 unspecified atom stereocenters. The van der Waals surface area contributed by atoms with Gasteiger partial charge in [-0.3, -0.25) is 4.79 Å². The van der Waals surface area contributed by atoms with Crippen LogP contribution in [0.2, 0.25) is 0 Å². The molecule has 1 aromatic carbocycles. The molecule has 1 fully saturated rings. The van der Waals surface area contributed by atoms with Crippen LogP contribution < -0.4 is 0 Å². The number of fused-ring (bicyclic) bond motifs is 1. The van der Waals surface area contributed by atoms with E-state index in [9.17, 15) is 13.6 Å². The summed E-state index contributed by atoms with van der Waals surface area (Å²) in [5, 5.41) is 0. The molecule has 0 saturated heterocycles. The molecular formula is C12H10F2N2O2. The molecule has 1 aromatic heterocycles. The molecule has 0 spiro atoms. The van der Waals surface area contributed by atoms with E-state index in [4.69, 9.17) is 4.74 Å². The quantitative estimate of drug-likeness (QED) is 0.832. The number of rotatable bonds is 2. The fourth-order valence-electron chi connectivity index (χ4n) is 2.09. The van der Waals surface area contributed by atoms with Crippen LogP contribution >= 0.6 is 0 Å². The van der Waals surface area contributed by atoms with Crippen molar-refractivity contribution in [2.75, 3.05) is 7.11 Å². The van der Waals surface area contributed by atoms with Crippen LogP contribution in [0.4, 0.5) is 8.78 Å². The summed E-state index contributed by atoms with van der Waals surface area (Å²) in [5.41, 5.74) is -0.0843. The number of aromatic amines is 1. The standard InChI is InChI=1S/C12H10F2N2O2/c1-18-11(17)12(2-3-12)10-15-8-4-6(13)7(14)5-9(8)16-10/h4-5H,2-3H2,1H3,(H,15,16). The van der Waals surface area contributed by atoms with Gasteiger partial charge in [0.1, 0.15) is 11.2 Å². The number of hydrogen-bond acceptors (Lipinski definition) is 3. The highest BCUT2D eigenvalue weighted by Gasteiger charge is 2.55. The third-order valence-electron chi connectivity index (χ3n) is 3.30. The van der Waals surface area contributed by atoms with Gasteiger partial charge in [-0.2, -0.15) is 0 Å². The fourth-order valence-corrected chi connectivity index (χ4v) is 2.09. The van der Waals surface area contributed by atoms with Crippen molar-refractivity contribution in [3.8, 4) is 0 Å². The summed E-state index contributed by atoms with van der Waals surface area (Å²) in [7, 11) is 1.31. The zero-order chi connectivity index (χ0) is 12.9. The van der Waals surface area contributed by atoms with E-state index in [1.54, 1.807) is 0 Å². The van der Waals surface area contributed by atoms with Gasteiger partial charge in [-0.25, -0.2) is 13.8 Å². The molecule has 94 valence electrons. The highest BCUT2D eigenvalue weighted by molar-refractivity contribution is 5.87. The number of imidazole rings is 1. The number of carbonyl (C=O) groups excluding carboxylic acids is 1. The lowest BCUT2D eigenvalue weighted by atomic mass is 10.1. The van der Waals surface area contributed by atoms with Crippen LogP contribution in [-0.2, 0) is 14.9 Å². The van der Waals surface area contributed by atoms with Crippen molar-refractivity contribution in [2.24, 2.45) is 0 Å². The first kappa shape index (κ1) is 11.1. The molecule has 6 heteroatoms. The second-order valence-electron chi connectivity index (χ2n) is 4.44. The third kappa shape index (κ3) is 1.41. The summed E-state index contributed by atoms with van der Waals surface area (Å²) >= 11 is 0. The van der Waals surface area contributed by atoms with Gasteiger partial charge in [0.2, 0.25) is 0 Å². The summed E-state index contributed by atoms with van der Waals surface area (Å²) in [5.74, 6) is -1.86. The maximum atomic E-state index is 13.1. The van der Waals surface area contributed by atoms with Crippen molar-refractivity contribution >= 4 is 17.0 Å². The number of nitrogens with one attached hydrogen (secondary N) is 1. The number of ether oxygens (including phenoxy) is 1. The van der Waals surface area contributed by atoms with Gasteiger partial charge < -0.3 is 9.72 Å². The van der Waals surface area contributed by atoms with E-state index < -0.39 is 17.0 Å². The molecule has 1 aliphatic carbocycles. The Labute approximate surface area is 101 Å². The number of halogens is 2. The molecule has 2 aromatic rings. The van der Waals surface area contributed by atoms with Crippen LogP contribution in [0.3, 0.4) is 0 Å². The Hall–Kier alpha value is -1.98. The van der Waals surface area contributed by atoms with E-state index in [-0.39, 0.29) is 5.97 Å². The number of nitrogens with zero attached hydrogens (tertiary/aromatic N) is 1. The van der Waals surface area contributed by atoms with E-state index in [2.05, 4.69) is 9.97 Å². The molecule has 0 bridgehead atoms. The molecule has 0 radical (unpaired) electrons. The normalized spacial score (nSPS) is 16.8. The molecule has 0 aliphatic heterocycles. The second kappa shape index (κ2) is 3.51. The predicted octanol–water partition coefficient (Wildman–Crippen LogP) is 2.05. The predicted molar refractivity (Wildman–Crippen MR) is 58.9 cm³/mol. The Kier molecular flexibility index (Phi) is 2.17. The molecule has 1 aliphatic rings. The van der Waals surface area contributed by atoms with Crippen LogP contribution in [0, 0.1) is 11.6 Å². The van der Waals surface area contributed by atoms with Crippen molar-refractivity contribution in [1.82, 2.24) is 9.97 Å². The van der Waals surface area contributed by atoms with Crippen LogP contribution in [0.15, 0.2) is 12.1 Å². The molecule has 3 rings (SSSR count). The lowest BCUT2D eigenvalue weighted by molar-refractivity contribution is -0.143. The zero-order valence-electron chi connectivity index (χ0n) is 9.59. The molecule has 1 saturated carbocycles. The molecular weight excluding hydrogens is 242 g/mol. The lowest BCUT2D eigenvalue weighted by Crippen LogP contribution is -2.23. The minimum atomic E-state index is -0.955. The van der Waals surface area contributed by atoms with Gasteiger partial charge in [0.05, 0.1) is 18.1 Å². The summed E-state index contributed by atoms with van der Waals surface area (Å²) in [4.78, 5) is 18.7. The van der Waals surface area contributed by atoms with Gasteiger partial charge in [-0.1, -0.05) is 0 Å². The van der Waals surface area contributed by atoms with Crippen molar-refractivity contribution in [2.45, 2.75) is 18.3 Å². The van der Waals surface area contributed by atoms with Gasteiger partial charge in [0, 0.05) is 12.1 Å². The minimum absolute atomic E-state index is 0.305. The minimum Gasteiger partial charge on any atom is -0.468 e. The van der Waals surface area contributed by atoms with Gasteiger partial charge in [-0.15, -0.1) is 0 Å². The number of methoxy groups -OCH3 is 1. The molecule has 4 nitrogen and oxygen atoms in total. The van der Waals surface area contributed by atoms with Crippen molar-refractivity contribution in [1.29, 1.82) is 0 Å². The Balaban J connectivity index is 2.12. The van der Waals surface area contributed by atoms with Crippen LogP contribution in [-0.4, -0.2) is 23.0 Å². The third-order valence-corrected chi connectivity index (χ3v) is 3.30. The van der Waals surface area contributed by atoms with Gasteiger partial charge in [0.25, 0.3) is 0 Å². The fraction of sp³-hybridized carbons (Fsp3) is 0.333. The van der Waals surface area contributed by atoms with Crippen molar-refractivity contribution < 1.29 is 18.3 Å². The second-order valence-corrected chi connectivity index (χ2v) is 4.44. The Morgan fingerprint density at radius 1 is 1.39 bits per heavy atom. The lowest BCUT2D eigenvalue weighted by Gasteiger charge is -2.08. The topological polar surface area (TPSA) is 55.0 Å². The number of esters is 1. The summed E-state index contributed by atoms with van der Waals surface area (Å²) in [6, 6.07) is 2.05. The highest BCUT2D eigenvalue weighted by Crippen LogP contribution is 2.48. The van der Waals surface area contributed by atoms with Gasteiger partial charge >= 0.3 is 5.97 Å². The number of H-pyrrole nitrogens is 1. The van der Waals surface area contributed by atoms with Gasteiger partial charge in [0.15, 0.2) is 11.6 Å². The Bertz CT molecular complexity index is 608. The maximum Gasteiger partial charge on any atom is 0.319 e. The van der Waals surface area contributed by atoms with Crippen molar-refractivity contribution in [3.05, 3.63) is 29.6 Å². The van der Waals surface area contributed by atoms with Gasteiger partial charge in [-0.05, 0) is 12.8 Å². The van der Waals surface area contributed by atoms with Crippen LogP contribution in [0.25, 0.3) is 11.0 Å². The Morgan fingerprint density at radius 2 is 2.06 bits per heavy atom. The highest BCUT2D eigenvalue weighted by atomic mass is 19.2. The molecule has 0 amide bonds. The molecule has 1 N–H and O–H groups in total. The van der Waals surface area contributed by atoms with E-state index in [1.807, 2.05) is 0 Å². The largest absolute Gasteiger partial charge is 0.468 e. The smallest absolute Gasteiger partial charge is 0.319 e. The Morgan fingerprint density at radius 3 is 2.67 bits per heavy atom. The van der Waals surface area contributed by atoms with Crippen LogP contribution in [0.5, 0.6) is 0 Å². The van der Waals surface area contributed by atoms with Crippen LogP contribution in [0.1, 0.15) is 18.7 Å². The summed E-state index contributed by atoms with van der Waals surface area (Å²) < 4.78 is 30.9. The zero-order valence-corrected chi connectivity index (χ0v) is 9.59. The maximum absolute atomic E-state index is 13.1. The van der Waals surface area contributed by atoms with E-state index in [0.29, 0.717) is 29.7 Å². The SMILES string of the molecule is COC(=O)C1(c2nc3cc(F)c(F)cc3[nH]2)CC1. The molecule has 0 atom stereocenters. The number of aromatic nitrogens is 2. The summed E-state index contributed by atoms with van der Waals surface area (Å²) in [6.07, 6.45) is 1.26. The van der Waals surface area contributed by atoms with E-state index in [1.165, 1.54) is 7.11 Å². The summed E-state index contributed by atoms with van der Waals surface area (Å²) in [6.45, 7) is 0. The average Bonchev–Trinajstić information content (AvgIpc) is 3.06. The molecule has 1 heterocycles. The van der Waals surface area contributed by atoms with E-state index in [0.717, 1.165) is 12.1 Å². The first-order valence-electron chi connectivity index (χ1n) is 5.50.